The van der Waals surface area contributed by atoms with Gasteiger partial charge in [0.1, 0.15) is 16.5 Å². The maximum Gasteiger partial charge on any atom is 0.436 e. The number of methoxy groups -OCH3 is 1. The fourth-order valence-electron chi connectivity index (χ4n) is 3.07. The number of amides is 1. The number of nitrogens with one attached hydrogen (secondary N) is 1. The number of ether oxygens (including phenoxy) is 1. The van der Waals surface area contributed by atoms with Gasteiger partial charge >= 0.3 is 6.18 Å². The van der Waals surface area contributed by atoms with E-state index in [4.69, 9.17) is 16.3 Å². The summed E-state index contributed by atoms with van der Waals surface area (Å²) in [6.07, 6.45) is -4.76. The number of aryl methyl sites for hydroxylation is 2. The zero-order valence-corrected chi connectivity index (χ0v) is 17.4. The number of aromatic nitrogens is 4. The van der Waals surface area contributed by atoms with Gasteiger partial charge in [0, 0.05) is 7.05 Å². The van der Waals surface area contributed by atoms with Gasteiger partial charge in [0.15, 0.2) is 5.69 Å². The van der Waals surface area contributed by atoms with E-state index in [2.05, 4.69) is 15.5 Å². The van der Waals surface area contributed by atoms with Crippen LogP contribution in [0.15, 0.2) is 24.3 Å². The number of nitrogens with zero attached hydrogens (tertiary/aromatic N) is 4. The zero-order valence-electron chi connectivity index (χ0n) is 16.6. The van der Waals surface area contributed by atoms with E-state index in [1.807, 2.05) is 24.3 Å². The summed E-state index contributed by atoms with van der Waals surface area (Å²) < 4.78 is 46.7. The van der Waals surface area contributed by atoms with Gasteiger partial charge in [0.25, 0.3) is 5.91 Å². The van der Waals surface area contributed by atoms with E-state index in [9.17, 15) is 18.0 Å². The number of anilines is 1. The van der Waals surface area contributed by atoms with Crippen LogP contribution in [0.5, 0.6) is 5.75 Å². The highest BCUT2D eigenvalue weighted by Crippen LogP contribution is 2.35. The Morgan fingerprint density at radius 2 is 1.97 bits per heavy atom. The van der Waals surface area contributed by atoms with Crippen molar-refractivity contribution in [3.63, 3.8) is 0 Å². The van der Waals surface area contributed by atoms with Crippen LogP contribution in [0.4, 0.5) is 18.9 Å². The molecule has 0 aliphatic rings. The summed E-state index contributed by atoms with van der Waals surface area (Å²) in [6.45, 7) is 3.86. The Hall–Kier alpha value is -3.01. The van der Waals surface area contributed by atoms with Gasteiger partial charge in [0.2, 0.25) is 0 Å². The van der Waals surface area contributed by atoms with Crippen LogP contribution in [0.25, 0.3) is 0 Å². The third-order valence-electron chi connectivity index (χ3n) is 4.56. The second-order valence-corrected chi connectivity index (χ2v) is 7.02. The molecule has 1 aromatic carbocycles. The molecule has 1 amide bonds. The van der Waals surface area contributed by atoms with Crippen molar-refractivity contribution in [1.82, 2.24) is 19.6 Å². The average Bonchev–Trinajstić information content (AvgIpc) is 3.12. The van der Waals surface area contributed by atoms with Crippen LogP contribution in [0.1, 0.15) is 33.1 Å². The van der Waals surface area contributed by atoms with E-state index in [1.165, 1.54) is 7.05 Å². The van der Waals surface area contributed by atoms with Gasteiger partial charge in [-0.3, -0.25) is 14.2 Å². The van der Waals surface area contributed by atoms with Crippen LogP contribution in [0.2, 0.25) is 5.02 Å². The monoisotopic (exact) mass is 441 g/mol. The molecule has 0 bridgehead atoms. The molecule has 3 rings (SSSR count). The molecule has 0 saturated carbocycles. The first-order valence-electron chi connectivity index (χ1n) is 8.81. The molecule has 0 unspecified atom stereocenters. The molecule has 3 aromatic rings. The van der Waals surface area contributed by atoms with Crippen LogP contribution in [-0.2, 0) is 19.8 Å². The summed E-state index contributed by atoms with van der Waals surface area (Å²) in [4.78, 5) is 12.7. The van der Waals surface area contributed by atoms with E-state index in [-0.39, 0.29) is 5.69 Å². The number of rotatable bonds is 5. The lowest BCUT2D eigenvalue weighted by atomic mass is 10.2. The highest BCUT2D eigenvalue weighted by atomic mass is 35.5. The molecule has 0 radical (unpaired) electrons. The Morgan fingerprint density at radius 1 is 1.27 bits per heavy atom. The van der Waals surface area contributed by atoms with Gasteiger partial charge in [-0.2, -0.15) is 23.4 Å². The summed E-state index contributed by atoms with van der Waals surface area (Å²) >= 11 is 5.80. The van der Waals surface area contributed by atoms with Gasteiger partial charge in [-0.1, -0.05) is 23.7 Å². The molecule has 0 spiro atoms. The number of carbonyl (C=O) groups excluding carboxylic acids is 1. The highest BCUT2D eigenvalue weighted by Gasteiger charge is 2.39. The van der Waals surface area contributed by atoms with E-state index >= 15 is 0 Å². The molecule has 7 nitrogen and oxygen atoms in total. The second kappa shape index (κ2) is 8.02. The number of carbonyl (C=O) groups is 1. The average molecular weight is 442 g/mol. The predicted molar refractivity (Wildman–Crippen MR) is 105 cm³/mol. The predicted octanol–water partition coefficient (Wildman–Crippen LogP) is 4.21. The Labute approximate surface area is 175 Å². The zero-order chi connectivity index (χ0) is 22.2. The van der Waals surface area contributed by atoms with Crippen molar-refractivity contribution < 1.29 is 22.7 Å². The number of hydrogen-bond acceptors (Lipinski definition) is 4. The summed E-state index contributed by atoms with van der Waals surface area (Å²) in [6, 6.07) is 7.45. The van der Waals surface area contributed by atoms with Crippen molar-refractivity contribution >= 4 is 23.2 Å². The van der Waals surface area contributed by atoms with Crippen molar-refractivity contribution in [2.75, 3.05) is 12.4 Å². The van der Waals surface area contributed by atoms with Gasteiger partial charge in [-0.15, -0.1) is 0 Å². The SMILES string of the molecule is COc1cccc(Cn2nc(C)c(NC(=O)c3c(Cl)c(C(F)(F)F)nn3C)c2C)c1. The quantitative estimate of drug-likeness (QED) is 0.643. The lowest BCUT2D eigenvalue weighted by Crippen LogP contribution is -2.17. The Balaban J connectivity index is 1.88. The Morgan fingerprint density at radius 3 is 2.57 bits per heavy atom. The molecule has 0 aliphatic carbocycles. The molecule has 0 saturated heterocycles. The summed E-state index contributed by atoms with van der Waals surface area (Å²) in [5.74, 6) is -0.105. The first-order chi connectivity index (χ1) is 14.0. The van der Waals surface area contributed by atoms with Crippen molar-refractivity contribution in [3.8, 4) is 5.75 Å². The standard InChI is InChI=1S/C19H19ClF3N5O2/c1-10-15(11(2)28(25-10)9-12-6-5-7-13(8-12)30-4)24-18(29)16-14(20)17(19(21,22)23)26-27(16)3/h5-8H,9H2,1-4H3,(H,24,29). The normalized spacial score (nSPS) is 11.6. The fraction of sp³-hybridized carbons (Fsp3) is 0.316. The van der Waals surface area contributed by atoms with Crippen LogP contribution in [0, 0.1) is 13.8 Å². The minimum atomic E-state index is -4.76. The number of halogens is 4. The molecule has 11 heteroatoms. The molecule has 0 fully saturated rings. The molecule has 2 heterocycles. The Bertz CT molecular complexity index is 1100. The van der Waals surface area contributed by atoms with E-state index in [0.717, 1.165) is 10.2 Å². The summed E-state index contributed by atoms with van der Waals surface area (Å²) in [7, 11) is 2.80. The van der Waals surface area contributed by atoms with Crippen LogP contribution >= 0.6 is 11.6 Å². The lowest BCUT2D eigenvalue weighted by Gasteiger charge is -2.09. The van der Waals surface area contributed by atoms with Crippen molar-refractivity contribution in [2.24, 2.45) is 7.05 Å². The number of alkyl halides is 3. The number of benzene rings is 1. The van der Waals surface area contributed by atoms with Gasteiger partial charge in [-0.25, -0.2) is 0 Å². The molecule has 1 N–H and O–H groups in total. The van der Waals surface area contributed by atoms with Gasteiger partial charge in [0.05, 0.1) is 30.7 Å². The highest BCUT2D eigenvalue weighted by molar-refractivity contribution is 6.34. The Kier molecular flexibility index (Phi) is 5.80. The first-order valence-corrected chi connectivity index (χ1v) is 9.18. The molecule has 0 atom stereocenters. The largest absolute Gasteiger partial charge is 0.497 e. The van der Waals surface area contributed by atoms with E-state index in [0.29, 0.717) is 29.4 Å². The molecular weight excluding hydrogens is 423 g/mol. The third kappa shape index (κ3) is 4.13. The third-order valence-corrected chi connectivity index (χ3v) is 4.92. The van der Waals surface area contributed by atoms with Crippen molar-refractivity contribution in [2.45, 2.75) is 26.6 Å². The molecule has 160 valence electrons. The topological polar surface area (TPSA) is 74.0 Å². The van der Waals surface area contributed by atoms with E-state index < -0.39 is 22.8 Å². The fourth-order valence-corrected chi connectivity index (χ4v) is 3.43. The summed E-state index contributed by atoms with van der Waals surface area (Å²) in [5.41, 5.74) is 0.787. The van der Waals surface area contributed by atoms with Gasteiger partial charge in [-0.05, 0) is 31.5 Å². The van der Waals surface area contributed by atoms with Crippen molar-refractivity contribution in [3.05, 3.63) is 57.6 Å². The molecule has 0 aliphatic heterocycles. The van der Waals surface area contributed by atoms with Crippen molar-refractivity contribution in [1.29, 1.82) is 0 Å². The lowest BCUT2D eigenvalue weighted by molar-refractivity contribution is -0.141. The minimum absolute atomic E-state index is 0.386. The maximum atomic E-state index is 13.0. The van der Waals surface area contributed by atoms with Crippen LogP contribution in [-0.4, -0.2) is 32.6 Å². The molecule has 2 aromatic heterocycles. The van der Waals surface area contributed by atoms with Crippen LogP contribution in [0.3, 0.4) is 0 Å². The second-order valence-electron chi connectivity index (χ2n) is 6.64. The smallest absolute Gasteiger partial charge is 0.436 e. The maximum absolute atomic E-state index is 13.0. The van der Waals surface area contributed by atoms with Gasteiger partial charge < -0.3 is 10.1 Å². The van der Waals surface area contributed by atoms with Crippen LogP contribution < -0.4 is 10.1 Å². The van der Waals surface area contributed by atoms with E-state index in [1.54, 1.807) is 25.6 Å². The molecule has 30 heavy (non-hydrogen) atoms. The first kappa shape index (κ1) is 21.7. The minimum Gasteiger partial charge on any atom is -0.497 e. The summed E-state index contributed by atoms with van der Waals surface area (Å²) in [5, 5.41) is 9.62. The number of hydrogen-bond donors (Lipinski definition) is 1. The molecular formula is C19H19ClF3N5O2.